The number of thiophene rings is 1. The molecule has 0 saturated carbocycles. The van der Waals surface area contributed by atoms with Crippen LogP contribution in [0.2, 0.25) is 0 Å². The average molecular weight is 369 g/mol. The Labute approximate surface area is 157 Å². The summed E-state index contributed by atoms with van der Waals surface area (Å²) in [4.78, 5) is 30.8. The largest absolute Gasteiger partial charge is 0.351 e. The molecule has 1 saturated heterocycles. The van der Waals surface area contributed by atoms with Crippen LogP contribution in [-0.4, -0.2) is 36.0 Å². The summed E-state index contributed by atoms with van der Waals surface area (Å²) >= 11 is 1.63. The molecule has 1 unspecified atom stereocenters. The fraction of sp³-hybridized carbons (Fsp3) is 0.400. The summed E-state index contributed by atoms with van der Waals surface area (Å²) in [7, 11) is 0. The van der Waals surface area contributed by atoms with Gasteiger partial charge >= 0.3 is 0 Å². The third kappa shape index (κ3) is 2.98. The predicted molar refractivity (Wildman–Crippen MR) is 104 cm³/mol. The molecule has 4 rings (SSSR count). The van der Waals surface area contributed by atoms with E-state index in [4.69, 9.17) is 0 Å². The lowest BCUT2D eigenvalue weighted by Gasteiger charge is -2.47. The normalized spacial score (nSPS) is 19.1. The van der Waals surface area contributed by atoms with Gasteiger partial charge in [-0.2, -0.15) is 0 Å². The molecule has 136 valence electrons. The van der Waals surface area contributed by atoms with Crippen LogP contribution in [0.25, 0.3) is 0 Å². The molecule has 2 aromatic rings. The van der Waals surface area contributed by atoms with E-state index in [-0.39, 0.29) is 18.0 Å². The van der Waals surface area contributed by atoms with Crippen LogP contribution in [0.4, 0.5) is 5.69 Å². The fourth-order valence-corrected chi connectivity index (χ4v) is 4.59. The molecule has 2 aliphatic heterocycles. The van der Waals surface area contributed by atoms with Crippen molar-refractivity contribution < 1.29 is 9.59 Å². The first-order valence-corrected chi connectivity index (χ1v) is 10.1. The Hall–Kier alpha value is -2.34. The molecule has 1 aromatic heterocycles. The van der Waals surface area contributed by atoms with E-state index in [2.05, 4.69) is 17.1 Å². The van der Waals surface area contributed by atoms with Crippen LogP contribution >= 0.6 is 11.3 Å². The maximum absolute atomic E-state index is 12.9. The lowest BCUT2D eigenvalue weighted by Crippen LogP contribution is -2.57. The molecule has 0 spiro atoms. The lowest BCUT2D eigenvalue weighted by molar-refractivity contribution is 0.0582. The van der Waals surface area contributed by atoms with Gasteiger partial charge in [0.25, 0.3) is 11.8 Å². The van der Waals surface area contributed by atoms with Crippen molar-refractivity contribution in [2.75, 3.05) is 18.0 Å². The van der Waals surface area contributed by atoms with Crippen LogP contribution < -0.4 is 10.2 Å². The van der Waals surface area contributed by atoms with Crippen molar-refractivity contribution in [3.05, 3.63) is 51.7 Å². The Morgan fingerprint density at radius 1 is 1.31 bits per heavy atom. The van der Waals surface area contributed by atoms with Gasteiger partial charge in [0.1, 0.15) is 6.17 Å². The van der Waals surface area contributed by atoms with Crippen LogP contribution in [0.15, 0.2) is 35.7 Å². The topological polar surface area (TPSA) is 52.7 Å². The zero-order valence-electron chi connectivity index (χ0n) is 14.9. The Balaban J connectivity index is 1.60. The Morgan fingerprint density at radius 2 is 2.19 bits per heavy atom. The number of carbonyl (C=O) groups excluding carboxylic acids is 2. The first-order valence-electron chi connectivity index (χ1n) is 9.21. The number of hydrogen-bond acceptors (Lipinski definition) is 4. The third-order valence-corrected chi connectivity index (χ3v) is 6.11. The molecular weight excluding hydrogens is 346 g/mol. The summed E-state index contributed by atoms with van der Waals surface area (Å²) in [5.74, 6) is -0.00396. The highest BCUT2D eigenvalue weighted by Gasteiger charge is 2.38. The molecular formula is C20H23N3O2S. The molecule has 0 radical (unpaired) electrons. The number of nitrogens with one attached hydrogen (secondary N) is 1. The summed E-state index contributed by atoms with van der Waals surface area (Å²) in [5.41, 5.74) is 2.21. The van der Waals surface area contributed by atoms with Gasteiger partial charge in [0.05, 0.1) is 17.8 Å². The van der Waals surface area contributed by atoms with E-state index in [9.17, 15) is 9.59 Å². The highest BCUT2D eigenvalue weighted by Crippen LogP contribution is 2.35. The first-order chi connectivity index (χ1) is 12.7. The average Bonchev–Trinajstić information content (AvgIpc) is 3.20. The number of piperidine rings is 1. The number of nitrogens with zero attached hydrogens (tertiary/aromatic N) is 2. The maximum Gasteiger partial charge on any atom is 0.257 e. The number of fused-ring (bicyclic) bond motifs is 2. The highest BCUT2D eigenvalue weighted by molar-refractivity contribution is 7.09. The van der Waals surface area contributed by atoms with Crippen LogP contribution in [0, 0.1) is 0 Å². The Kier molecular flexibility index (Phi) is 4.68. The van der Waals surface area contributed by atoms with Gasteiger partial charge in [-0.15, -0.1) is 11.3 Å². The van der Waals surface area contributed by atoms with E-state index in [1.807, 2.05) is 34.5 Å². The molecule has 2 amide bonds. The van der Waals surface area contributed by atoms with Gasteiger partial charge in [0.15, 0.2) is 0 Å². The van der Waals surface area contributed by atoms with Gasteiger partial charge in [-0.3, -0.25) is 9.59 Å². The molecule has 26 heavy (non-hydrogen) atoms. The summed E-state index contributed by atoms with van der Waals surface area (Å²) in [6, 6.07) is 9.44. The van der Waals surface area contributed by atoms with E-state index < -0.39 is 0 Å². The molecule has 5 nitrogen and oxygen atoms in total. The molecule has 1 N–H and O–H groups in total. The second-order valence-electron chi connectivity index (χ2n) is 6.75. The number of carbonyl (C=O) groups is 2. The minimum Gasteiger partial charge on any atom is -0.351 e. The van der Waals surface area contributed by atoms with Crippen molar-refractivity contribution in [2.45, 2.75) is 38.9 Å². The van der Waals surface area contributed by atoms with E-state index >= 15 is 0 Å². The van der Waals surface area contributed by atoms with Crippen LogP contribution in [0.3, 0.4) is 0 Å². The van der Waals surface area contributed by atoms with Crippen LogP contribution in [0.5, 0.6) is 0 Å². The number of amides is 2. The molecule has 1 atom stereocenters. The summed E-state index contributed by atoms with van der Waals surface area (Å²) in [5, 5.41) is 4.97. The number of hydrogen-bond donors (Lipinski definition) is 1. The van der Waals surface area contributed by atoms with Gasteiger partial charge in [0, 0.05) is 23.5 Å². The minimum absolute atomic E-state index is 0.0972. The van der Waals surface area contributed by atoms with Crippen molar-refractivity contribution in [2.24, 2.45) is 0 Å². The number of rotatable bonds is 4. The van der Waals surface area contributed by atoms with Gasteiger partial charge in [-0.25, -0.2) is 0 Å². The van der Waals surface area contributed by atoms with Crippen LogP contribution in [-0.2, 0) is 6.54 Å². The maximum atomic E-state index is 12.9. The van der Waals surface area contributed by atoms with Crippen LogP contribution in [0.1, 0.15) is 51.8 Å². The van der Waals surface area contributed by atoms with Crippen molar-refractivity contribution in [1.29, 1.82) is 0 Å². The molecule has 0 bridgehead atoms. The third-order valence-electron chi connectivity index (χ3n) is 5.24. The standard InChI is InChI=1S/C20H23N3O2S/c1-2-22-17-12-14(19(24)21-13-15-6-5-11-26-15)8-9-16(17)20(25)23-10-4-3-7-18(22)23/h5-6,8-9,11-12,18H,2-4,7,10,13H2,1H3,(H,21,24). The van der Waals surface area contributed by atoms with E-state index in [0.717, 1.165) is 42.9 Å². The predicted octanol–water partition coefficient (Wildman–Crippen LogP) is 3.47. The lowest BCUT2D eigenvalue weighted by atomic mass is 9.97. The fourth-order valence-electron chi connectivity index (χ4n) is 3.95. The van der Waals surface area contributed by atoms with Gasteiger partial charge < -0.3 is 15.1 Å². The van der Waals surface area contributed by atoms with E-state index in [0.29, 0.717) is 17.7 Å². The first kappa shape index (κ1) is 17.1. The van der Waals surface area contributed by atoms with E-state index in [1.165, 1.54) is 0 Å². The molecule has 3 heterocycles. The summed E-state index contributed by atoms with van der Waals surface area (Å²) in [6.07, 6.45) is 3.33. The second-order valence-corrected chi connectivity index (χ2v) is 7.79. The smallest absolute Gasteiger partial charge is 0.257 e. The SMILES string of the molecule is CCN1c2cc(C(=O)NCc3cccs3)ccc2C(=O)N2CCCCC21. The minimum atomic E-state index is -0.101. The molecule has 6 heteroatoms. The highest BCUT2D eigenvalue weighted by atomic mass is 32.1. The summed E-state index contributed by atoms with van der Waals surface area (Å²) in [6.45, 7) is 4.28. The molecule has 1 aromatic carbocycles. The van der Waals surface area contributed by atoms with Gasteiger partial charge in [0.2, 0.25) is 0 Å². The quantitative estimate of drug-likeness (QED) is 0.898. The zero-order valence-corrected chi connectivity index (χ0v) is 15.7. The van der Waals surface area contributed by atoms with Gasteiger partial charge in [-0.05, 0) is 55.8 Å². The molecule has 0 aliphatic carbocycles. The summed E-state index contributed by atoms with van der Waals surface area (Å²) < 4.78 is 0. The van der Waals surface area contributed by atoms with Crippen molar-refractivity contribution in [3.63, 3.8) is 0 Å². The van der Waals surface area contributed by atoms with E-state index in [1.54, 1.807) is 17.4 Å². The van der Waals surface area contributed by atoms with Gasteiger partial charge in [-0.1, -0.05) is 6.07 Å². The number of benzene rings is 1. The number of anilines is 1. The van der Waals surface area contributed by atoms with Crippen molar-refractivity contribution in [1.82, 2.24) is 10.2 Å². The zero-order chi connectivity index (χ0) is 18.1. The van der Waals surface area contributed by atoms with Crippen molar-refractivity contribution in [3.8, 4) is 0 Å². The molecule has 2 aliphatic rings. The van der Waals surface area contributed by atoms with Crippen molar-refractivity contribution >= 4 is 28.8 Å². The second kappa shape index (κ2) is 7.11. The monoisotopic (exact) mass is 369 g/mol. The molecule has 1 fully saturated rings. The Bertz CT molecular complexity index is 818. The Morgan fingerprint density at radius 3 is 2.96 bits per heavy atom.